The monoisotopic (exact) mass is 143 g/mol. The van der Waals surface area contributed by atoms with Crippen molar-refractivity contribution in [2.24, 2.45) is 0 Å². The first-order chi connectivity index (χ1) is 5.33. The van der Waals surface area contributed by atoms with Crippen LogP contribution in [-0.2, 0) is 0 Å². The summed E-state index contributed by atoms with van der Waals surface area (Å²) in [5.74, 6) is 5.30. The van der Waals surface area contributed by atoms with Crippen molar-refractivity contribution in [1.29, 1.82) is 5.26 Å². The molecule has 52 valence electrons. The molecule has 2 N–H and O–H groups in total. The Hall–Kier alpha value is -2.00. The summed E-state index contributed by atoms with van der Waals surface area (Å²) in [4.78, 5) is 3.80. The zero-order valence-electron chi connectivity index (χ0n) is 5.70. The number of nitriles is 1. The lowest BCUT2D eigenvalue weighted by Crippen LogP contribution is -1.88. The second-order valence-corrected chi connectivity index (χ2v) is 1.83. The lowest BCUT2D eigenvalue weighted by molar-refractivity contribution is 1.32. The van der Waals surface area contributed by atoms with E-state index in [1.54, 1.807) is 18.2 Å². The quantitative estimate of drug-likeness (QED) is 0.539. The van der Waals surface area contributed by atoms with Gasteiger partial charge in [-0.25, -0.2) is 4.98 Å². The first-order valence-corrected chi connectivity index (χ1v) is 2.94. The van der Waals surface area contributed by atoms with Crippen molar-refractivity contribution in [2.45, 2.75) is 0 Å². The van der Waals surface area contributed by atoms with Crippen LogP contribution in [0.1, 0.15) is 5.56 Å². The highest BCUT2D eigenvalue weighted by atomic mass is 14.8. The van der Waals surface area contributed by atoms with Crippen molar-refractivity contribution in [3.05, 3.63) is 23.9 Å². The SMILES string of the molecule is N#CC#Cc1ccc(N)nc1. The molecule has 0 bridgehead atoms. The number of hydrogen-bond acceptors (Lipinski definition) is 3. The van der Waals surface area contributed by atoms with Gasteiger partial charge in [0.25, 0.3) is 0 Å². The van der Waals surface area contributed by atoms with Gasteiger partial charge in [0, 0.05) is 17.7 Å². The number of nitrogens with two attached hydrogens (primary N) is 1. The Morgan fingerprint density at radius 2 is 2.27 bits per heavy atom. The fraction of sp³-hybridized carbons (Fsp3) is 0. The molecular weight excluding hydrogens is 138 g/mol. The van der Waals surface area contributed by atoms with Crippen LogP contribution in [0, 0.1) is 23.2 Å². The van der Waals surface area contributed by atoms with Gasteiger partial charge in [-0.15, -0.1) is 0 Å². The Kier molecular flexibility index (Phi) is 2.09. The predicted molar refractivity (Wildman–Crippen MR) is 41.1 cm³/mol. The van der Waals surface area contributed by atoms with Gasteiger partial charge in [0.15, 0.2) is 6.07 Å². The van der Waals surface area contributed by atoms with Gasteiger partial charge >= 0.3 is 0 Å². The molecule has 0 aliphatic heterocycles. The van der Waals surface area contributed by atoms with Crippen LogP contribution in [-0.4, -0.2) is 4.98 Å². The number of nitrogen functional groups attached to an aromatic ring is 1. The maximum Gasteiger partial charge on any atom is 0.152 e. The van der Waals surface area contributed by atoms with Gasteiger partial charge in [-0.3, -0.25) is 0 Å². The molecule has 0 saturated heterocycles. The first-order valence-electron chi connectivity index (χ1n) is 2.94. The van der Waals surface area contributed by atoms with E-state index in [4.69, 9.17) is 11.0 Å². The number of hydrogen-bond donors (Lipinski definition) is 1. The van der Waals surface area contributed by atoms with E-state index in [1.165, 1.54) is 6.20 Å². The van der Waals surface area contributed by atoms with E-state index in [0.29, 0.717) is 11.4 Å². The van der Waals surface area contributed by atoms with Crippen LogP contribution < -0.4 is 5.73 Å². The normalized spacial score (nSPS) is 7.55. The zero-order chi connectivity index (χ0) is 8.10. The third kappa shape index (κ3) is 2.00. The molecule has 0 aliphatic carbocycles. The number of pyridine rings is 1. The summed E-state index contributed by atoms with van der Waals surface area (Å²) in [5.41, 5.74) is 6.03. The van der Waals surface area contributed by atoms with Gasteiger partial charge in [-0.2, -0.15) is 5.26 Å². The van der Waals surface area contributed by atoms with Gasteiger partial charge < -0.3 is 5.73 Å². The molecule has 1 heterocycles. The summed E-state index contributed by atoms with van der Waals surface area (Å²) in [6.07, 6.45) is 1.53. The average molecular weight is 143 g/mol. The number of anilines is 1. The molecule has 0 aliphatic rings. The van der Waals surface area contributed by atoms with Gasteiger partial charge in [0.2, 0.25) is 0 Å². The highest BCUT2D eigenvalue weighted by molar-refractivity contribution is 5.40. The Morgan fingerprint density at radius 1 is 1.45 bits per heavy atom. The van der Waals surface area contributed by atoms with Crippen LogP contribution in [0.4, 0.5) is 5.82 Å². The van der Waals surface area contributed by atoms with Gasteiger partial charge in [0.1, 0.15) is 5.82 Å². The van der Waals surface area contributed by atoms with E-state index < -0.39 is 0 Å². The van der Waals surface area contributed by atoms with Gasteiger partial charge in [-0.1, -0.05) is 0 Å². The van der Waals surface area contributed by atoms with E-state index in [2.05, 4.69) is 16.8 Å². The van der Waals surface area contributed by atoms with Crippen LogP contribution in [0.3, 0.4) is 0 Å². The molecular formula is C8H5N3. The number of rotatable bonds is 0. The van der Waals surface area contributed by atoms with Crippen molar-refractivity contribution in [3.63, 3.8) is 0 Å². The van der Waals surface area contributed by atoms with E-state index >= 15 is 0 Å². The molecule has 0 radical (unpaired) electrons. The second kappa shape index (κ2) is 3.24. The minimum Gasteiger partial charge on any atom is -0.384 e. The highest BCUT2D eigenvalue weighted by Crippen LogP contribution is 1.98. The van der Waals surface area contributed by atoms with Crippen molar-refractivity contribution >= 4 is 5.82 Å². The second-order valence-electron chi connectivity index (χ2n) is 1.83. The number of nitrogens with zero attached hydrogens (tertiary/aromatic N) is 2. The summed E-state index contributed by atoms with van der Waals surface area (Å²) < 4.78 is 0. The molecule has 0 spiro atoms. The minimum absolute atomic E-state index is 0.451. The maximum absolute atomic E-state index is 8.11. The van der Waals surface area contributed by atoms with E-state index in [1.807, 2.05) is 0 Å². The highest BCUT2D eigenvalue weighted by Gasteiger charge is 1.85. The van der Waals surface area contributed by atoms with E-state index in [-0.39, 0.29) is 0 Å². The standard InChI is InChI=1S/C8H5N3/c9-5-1-2-7-3-4-8(10)11-6-7/h3-4,6H,(H2,10,11). The van der Waals surface area contributed by atoms with Crippen LogP contribution in [0.5, 0.6) is 0 Å². The van der Waals surface area contributed by atoms with Crippen molar-refractivity contribution < 1.29 is 0 Å². The fourth-order valence-electron chi connectivity index (χ4n) is 0.579. The Bertz CT molecular complexity index is 334. The molecule has 0 fully saturated rings. The molecule has 3 nitrogen and oxygen atoms in total. The lowest BCUT2D eigenvalue weighted by atomic mass is 10.3. The van der Waals surface area contributed by atoms with Gasteiger partial charge in [-0.05, 0) is 18.1 Å². The summed E-state index contributed by atoms with van der Waals surface area (Å²) in [7, 11) is 0. The minimum atomic E-state index is 0.451. The molecule has 1 aromatic heterocycles. The van der Waals surface area contributed by atoms with Crippen molar-refractivity contribution in [2.75, 3.05) is 5.73 Å². The molecule has 0 atom stereocenters. The zero-order valence-corrected chi connectivity index (χ0v) is 5.70. The average Bonchev–Trinajstić information content (AvgIpc) is 2.04. The molecule has 1 aromatic rings. The van der Waals surface area contributed by atoms with Crippen LogP contribution in [0.15, 0.2) is 18.3 Å². The molecule has 1 rings (SSSR count). The Balaban J connectivity index is 2.93. The van der Waals surface area contributed by atoms with E-state index in [0.717, 1.165) is 0 Å². The van der Waals surface area contributed by atoms with Crippen molar-refractivity contribution in [3.8, 4) is 17.9 Å². The molecule has 11 heavy (non-hydrogen) atoms. The van der Waals surface area contributed by atoms with Crippen LogP contribution in [0.2, 0.25) is 0 Å². The number of aromatic nitrogens is 1. The molecule has 3 heteroatoms. The van der Waals surface area contributed by atoms with Crippen LogP contribution in [0.25, 0.3) is 0 Å². The van der Waals surface area contributed by atoms with E-state index in [9.17, 15) is 0 Å². The van der Waals surface area contributed by atoms with Crippen molar-refractivity contribution in [1.82, 2.24) is 4.98 Å². The Labute approximate surface area is 64.5 Å². The largest absolute Gasteiger partial charge is 0.384 e. The Morgan fingerprint density at radius 3 is 2.82 bits per heavy atom. The maximum atomic E-state index is 8.11. The molecule has 0 aromatic carbocycles. The molecule has 0 unspecified atom stereocenters. The fourth-order valence-corrected chi connectivity index (χ4v) is 0.579. The molecule has 0 amide bonds. The summed E-state index contributed by atoms with van der Waals surface area (Å²) in [6.45, 7) is 0. The summed E-state index contributed by atoms with van der Waals surface area (Å²) in [5, 5.41) is 8.11. The smallest absolute Gasteiger partial charge is 0.152 e. The predicted octanol–water partition coefficient (Wildman–Crippen LogP) is 0.539. The lowest BCUT2D eigenvalue weighted by Gasteiger charge is -1.89. The third-order valence-electron chi connectivity index (χ3n) is 1.05. The molecule has 0 saturated carbocycles. The summed E-state index contributed by atoms with van der Waals surface area (Å²) >= 11 is 0. The topological polar surface area (TPSA) is 62.7 Å². The third-order valence-corrected chi connectivity index (χ3v) is 1.05. The van der Waals surface area contributed by atoms with Crippen LogP contribution >= 0.6 is 0 Å². The van der Waals surface area contributed by atoms with Gasteiger partial charge in [0.05, 0.1) is 0 Å². The first kappa shape index (κ1) is 7.11. The summed E-state index contributed by atoms with van der Waals surface area (Å²) in [6, 6.07) is 5.07.